The Morgan fingerprint density at radius 2 is 1.36 bits per heavy atom. The van der Waals surface area contributed by atoms with E-state index in [2.05, 4.69) is 74.7 Å². The summed E-state index contributed by atoms with van der Waals surface area (Å²) in [6.45, 7) is 27.6. The van der Waals surface area contributed by atoms with Gasteiger partial charge < -0.3 is 18.3 Å². The lowest BCUT2D eigenvalue weighted by Gasteiger charge is -2.43. The molecule has 7 heteroatoms. The van der Waals surface area contributed by atoms with Crippen LogP contribution in [0.25, 0.3) is 0 Å². The maximum Gasteiger partial charge on any atom is 0.304 e. The fourth-order valence-electron chi connectivity index (χ4n) is 2.58. The summed E-state index contributed by atoms with van der Waals surface area (Å²) in [6.07, 6.45) is -0.538. The molecule has 0 amide bonds. The van der Waals surface area contributed by atoms with Gasteiger partial charge in [-0.15, -0.1) is 0 Å². The quantitative estimate of drug-likeness (QED) is 0.389. The van der Waals surface area contributed by atoms with Crippen molar-refractivity contribution in [3.63, 3.8) is 0 Å². The molecule has 1 rings (SSSR count). The zero-order chi connectivity index (χ0) is 22.2. The van der Waals surface area contributed by atoms with Crippen molar-refractivity contribution in [2.24, 2.45) is 11.3 Å². The van der Waals surface area contributed by atoms with Crippen molar-refractivity contribution in [1.82, 2.24) is 0 Å². The van der Waals surface area contributed by atoms with Crippen LogP contribution >= 0.6 is 0 Å². The molecule has 166 valence electrons. The van der Waals surface area contributed by atoms with Crippen molar-refractivity contribution in [2.75, 3.05) is 19.8 Å². The molecule has 1 fully saturated rings. The van der Waals surface area contributed by atoms with Crippen molar-refractivity contribution in [3.8, 4) is 0 Å². The Kier molecular flexibility index (Phi) is 7.83. The second-order valence-corrected chi connectivity index (χ2v) is 21.2. The summed E-state index contributed by atoms with van der Waals surface area (Å²) in [6, 6.07) is 0. The molecule has 2 unspecified atom stereocenters. The highest BCUT2D eigenvalue weighted by atomic mass is 28.4. The van der Waals surface area contributed by atoms with E-state index in [0.29, 0.717) is 19.8 Å². The van der Waals surface area contributed by atoms with Gasteiger partial charge in [-0.3, -0.25) is 4.79 Å². The maximum atomic E-state index is 11.5. The molecule has 0 aromatic carbocycles. The van der Waals surface area contributed by atoms with Crippen LogP contribution in [0.2, 0.25) is 36.3 Å². The third-order valence-electron chi connectivity index (χ3n) is 7.24. The number of ether oxygens (including phenoxy) is 2. The Balaban J connectivity index is 3.07. The predicted molar refractivity (Wildman–Crippen MR) is 119 cm³/mol. The third kappa shape index (κ3) is 5.91. The lowest BCUT2D eigenvalue weighted by Crippen LogP contribution is -2.50. The Hall–Kier alpha value is -0.216. The summed E-state index contributed by atoms with van der Waals surface area (Å²) in [4.78, 5) is 11.5. The molecule has 0 aromatic rings. The SMILES string of the molecule is CC(=O)OC1OCC(CO[Si](C)(C)C(C)(C)C)(CO[Si](C)(C)C(C)(C)C)C1C. The molecule has 2 atom stereocenters. The molecule has 0 aliphatic carbocycles. The number of hydrogen-bond acceptors (Lipinski definition) is 5. The topological polar surface area (TPSA) is 54.0 Å². The lowest BCUT2D eigenvalue weighted by atomic mass is 9.80. The number of carbonyl (C=O) groups excluding carboxylic acids is 1. The summed E-state index contributed by atoms with van der Waals surface area (Å²) in [5.74, 6) is -0.311. The molecule has 0 saturated carbocycles. The van der Waals surface area contributed by atoms with Crippen LogP contribution in [-0.4, -0.2) is 48.7 Å². The number of rotatable bonds is 7. The molecule has 0 spiro atoms. The lowest BCUT2D eigenvalue weighted by molar-refractivity contribution is -0.172. The summed E-state index contributed by atoms with van der Waals surface area (Å²) >= 11 is 0. The van der Waals surface area contributed by atoms with Gasteiger partial charge in [-0.2, -0.15) is 0 Å². The van der Waals surface area contributed by atoms with E-state index in [4.69, 9.17) is 18.3 Å². The fraction of sp³-hybridized carbons (Fsp3) is 0.952. The predicted octanol–water partition coefficient (Wildman–Crippen LogP) is 5.57. The molecular weight excluding hydrogens is 388 g/mol. The van der Waals surface area contributed by atoms with Crippen molar-refractivity contribution < 1.29 is 23.1 Å². The molecule has 28 heavy (non-hydrogen) atoms. The van der Waals surface area contributed by atoms with Crippen LogP contribution < -0.4 is 0 Å². The highest BCUT2D eigenvalue weighted by molar-refractivity contribution is 6.74. The van der Waals surface area contributed by atoms with Crippen LogP contribution in [0.5, 0.6) is 0 Å². The minimum atomic E-state index is -1.92. The van der Waals surface area contributed by atoms with Crippen LogP contribution in [0, 0.1) is 11.3 Å². The van der Waals surface area contributed by atoms with Gasteiger partial charge in [0.05, 0.1) is 6.61 Å². The van der Waals surface area contributed by atoms with Gasteiger partial charge in [0.25, 0.3) is 0 Å². The second kappa shape index (κ2) is 8.49. The van der Waals surface area contributed by atoms with E-state index in [9.17, 15) is 4.79 Å². The van der Waals surface area contributed by atoms with Gasteiger partial charge in [-0.1, -0.05) is 48.5 Å². The minimum absolute atomic E-state index is 0.00550. The minimum Gasteiger partial charge on any atom is -0.436 e. The molecule has 0 N–H and O–H groups in total. The zero-order valence-electron chi connectivity index (χ0n) is 20.3. The molecule has 0 aromatic heterocycles. The van der Waals surface area contributed by atoms with Gasteiger partial charge >= 0.3 is 5.97 Å². The first-order valence-electron chi connectivity index (χ1n) is 10.4. The Bertz CT molecular complexity index is 516. The van der Waals surface area contributed by atoms with E-state index in [0.717, 1.165) is 0 Å². The Morgan fingerprint density at radius 3 is 1.68 bits per heavy atom. The number of carbonyl (C=O) groups is 1. The van der Waals surface area contributed by atoms with Gasteiger partial charge in [-0.05, 0) is 36.3 Å². The van der Waals surface area contributed by atoms with Gasteiger partial charge in [0, 0.05) is 31.5 Å². The summed E-state index contributed by atoms with van der Waals surface area (Å²) < 4.78 is 24.6. The second-order valence-electron chi connectivity index (χ2n) is 11.5. The average molecular weight is 433 g/mol. The average Bonchev–Trinajstić information content (AvgIpc) is 2.78. The summed E-state index contributed by atoms with van der Waals surface area (Å²) in [5, 5.41) is 0.263. The van der Waals surface area contributed by atoms with E-state index in [1.165, 1.54) is 6.92 Å². The number of hydrogen-bond donors (Lipinski definition) is 0. The van der Waals surface area contributed by atoms with E-state index in [-0.39, 0.29) is 27.4 Å². The standard InChI is InChI=1S/C21H44O5Si2/c1-16-18(26-17(2)22)23-13-21(16,14-24-27(9,10)19(3,4)5)15-25-28(11,12)20(6,7)8/h16,18H,13-15H2,1-12H3. The maximum absolute atomic E-state index is 11.5. The van der Waals surface area contributed by atoms with Crippen molar-refractivity contribution >= 4 is 22.6 Å². The van der Waals surface area contributed by atoms with Crippen LogP contribution in [0.4, 0.5) is 0 Å². The van der Waals surface area contributed by atoms with Crippen LogP contribution in [0.1, 0.15) is 55.4 Å². The molecule has 1 aliphatic heterocycles. The van der Waals surface area contributed by atoms with Gasteiger partial charge in [0.1, 0.15) is 0 Å². The largest absolute Gasteiger partial charge is 0.436 e. The molecular formula is C21H44O5Si2. The zero-order valence-corrected chi connectivity index (χ0v) is 22.3. The van der Waals surface area contributed by atoms with E-state index in [1.54, 1.807) is 0 Å². The summed E-state index contributed by atoms with van der Waals surface area (Å²) in [5.41, 5.74) is -0.314. The monoisotopic (exact) mass is 432 g/mol. The van der Waals surface area contributed by atoms with E-state index < -0.39 is 22.9 Å². The first kappa shape index (κ1) is 25.8. The highest BCUT2D eigenvalue weighted by Crippen LogP contribution is 2.45. The van der Waals surface area contributed by atoms with Crippen molar-refractivity contribution in [2.45, 2.75) is 97.9 Å². The molecule has 1 saturated heterocycles. The normalized spacial score (nSPS) is 23.7. The van der Waals surface area contributed by atoms with Crippen LogP contribution in [0.15, 0.2) is 0 Å². The fourth-order valence-corrected chi connectivity index (χ4v) is 4.74. The van der Waals surface area contributed by atoms with Gasteiger partial charge in [-0.25, -0.2) is 0 Å². The Morgan fingerprint density at radius 1 is 0.964 bits per heavy atom. The Labute approximate surface area is 175 Å². The van der Waals surface area contributed by atoms with E-state index >= 15 is 0 Å². The molecule has 1 heterocycles. The van der Waals surface area contributed by atoms with Crippen molar-refractivity contribution in [3.05, 3.63) is 0 Å². The van der Waals surface area contributed by atoms with E-state index in [1.807, 2.05) is 0 Å². The molecule has 0 radical (unpaired) electrons. The van der Waals surface area contributed by atoms with Gasteiger partial charge in [0.2, 0.25) is 6.29 Å². The molecule has 5 nitrogen and oxygen atoms in total. The first-order valence-corrected chi connectivity index (χ1v) is 16.2. The van der Waals surface area contributed by atoms with Gasteiger partial charge in [0.15, 0.2) is 16.6 Å². The number of esters is 1. The smallest absolute Gasteiger partial charge is 0.304 e. The summed E-state index contributed by atoms with van der Waals surface area (Å²) in [7, 11) is -3.84. The molecule has 0 bridgehead atoms. The van der Waals surface area contributed by atoms with Crippen LogP contribution in [-0.2, 0) is 23.1 Å². The third-order valence-corrected chi connectivity index (χ3v) is 16.2. The molecule has 1 aliphatic rings. The first-order chi connectivity index (χ1) is 12.3. The highest BCUT2D eigenvalue weighted by Gasteiger charge is 2.52. The van der Waals surface area contributed by atoms with Crippen molar-refractivity contribution in [1.29, 1.82) is 0 Å². The van der Waals surface area contributed by atoms with Crippen LogP contribution in [0.3, 0.4) is 0 Å².